The maximum atomic E-state index is 13.1. The van der Waals surface area contributed by atoms with Crippen molar-refractivity contribution < 1.29 is 80.2 Å². The third-order valence-electron chi connectivity index (χ3n) is 15.0. The fraction of sp³-hybridized carbons (Fsp3) is 0.576. The standard InChI is InChI=1S/C85H134O17P2/c1-5-9-13-17-21-25-29-33-36-38-39-41-44-47-50-54-58-62-66-70-83(88)96-76-81(102-85(90)72-68-64-60-56-52-48-42-35-31-27-23-19-15-11-7-3)78-100-104(93,94)98-74-79(86)73-97-103(91,92)99-77-80(101-84(89)71-67-63-59-55-51-45-32-28-24-20-16-12-8-4)75-95-82(87)69-65-61-57-53-49-46-43-40-37-34-30-26-22-18-14-10-6-2/h9-11,13-15,21-23,25-28,32-37,39,41-43,46-47,50,52-53,56-58,62,79-81,86H,5-8,12,16-20,24,29-31,38,40,44-45,48-49,51,54-55,59-61,63-78H2,1-4H3,(H,91,92)(H,93,94)/b13-9-,14-10-,15-11-,25-21-,26-22-,27-23-,32-28-,36-33-,37-34-,41-39-,42-35-,46-43-,50-47-,56-52-,57-53-,62-58-. The van der Waals surface area contributed by atoms with Gasteiger partial charge < -0.3 is 33.8 Å². The maximum Gasteiger partial charge on any atom is 0.472 e. The van der Waals surface area contributed by atoms with Crippen LogP contribution in [-0.2, 0) is 65.4 Å². The van der Waals surface area contributed by atoms with Crippen LogP contribution in [0.2, 0.25) is 0 Å². The number of aliphatic hydroxyl groups excluding tert-OH is 1. The molecular formula is C85H134O17P2. The Kier molecular flexibility index (Phi) is 70.7. The van der Waals surface area contributed by atoms with Gasteiger partial charge in [0.05, 0.1) is 26.4 Å². The van der Waals surface area contributed by atoms with E-state index in [0.29, 0.717) is 44.9 Å². The minimum absolute atomic E-state index is 0.0172. The SMILES string of the molecule is CC/C=C\C/C=C\C/C=C\C/C=C\C/C=C\C/C=C\CCC(=O)OCC(COP(=O)(O)OCC(O)COP(=O)(O)OCC(COC(=O)CCC/C=C\C/C=C\C/C=C\C/C=C\C/C=C\CC)OC(=O)CCCCCCC/C=C\CCCCCC)OC(=O)CCCC/C=C\C/C=C\C/C=C\C/C=C\CC. The molecule has 0 aromatic heterocycles. The normalized spacial score (nSPS) is 15.0. The fourth-order valence-corrected chi connectivity index (χ4v) is 10.8. The van der Waals surface area contributed by atoms with E-state index in [-0.39, 0.29) is 25.7 Å². The number of esters is 4. The van der Waals surface area contributed by atoms with Crippen LogP contribution in [0.4, 0.5) is 0 Å². The Bertz CT molecular complexity index is 2740. The van der Waals surface area contributed by atoms with Crippen molar-refractivity contribution in [1.82, 2.24) is 0 Å². The Morgan fingerprint density at radius 1 is 0.279 bits per heavy atom. The van der Waals surface area contributed by atoms with Crippen LogP contribution in [0.25, 0.3) is 0 Å². The highest BCUT2D eigenvalue weighted by Gasteiger charge is 2.30. The lowest BCUT2D eigenvalue weighted by atomic mass is 10.1. The third kappa shape index (κ3) is 74.2. The second-order valence-electron chi connectivity index (χ2n) is 24.8. The summed E-state index contributed by atoms with van der Waals surface area (Å²) in [7, 11) is -10.0. The lowest BCUT2D eigenvalue weighted by Crippen LogP contribution is -2.30. The molecule has 0 fully saturated rings. The van der Waals surface area contributed by atoms with Crippen LogP contribution in [0, 0.1) is 0 Å². The summed E-state index contributed by atoms with van der Waals surface area (Å²) in [6.45, 7) is 4.26. The molecule has 5 atom stereocenters. The molecule has 0 heterocycles. The molecule has 0 aliphatic heterocycles. The molecule has 0 amide bonds. The van der Waals surface area contributed by atoms with Gasteiger partial charge in [0.25, 0.3) is 0 Å². The number of phosphoric ester groups is 2. The first-order valence-corrected chi connectivity index (χ1v) is 41.7. The van der Waals surface area contributed by atoms with Gasteiger partial charge in [0.1, 0.15) is 19.3 Å². The van der Waals surface area contributed by atoms with Gasteiger partial charge in [-0.25, -0.2) is 9.13 Å². The van der Waals surface area contributed by atoms with Gasteiger partial charge in [-0.05, 0) is 167 Å². The van der Waals surface area contributed by atoms with Crippen molar-refractivity contribution in [2.45, 2.75) is 277 Å². The smallest absolute Gasteiger partial charge is 0.462 e. The fourth-order valence-electron chi connectivity index (χ4n) is 9.27. The summed E-state index contributed by atoms with van der Waals surface area (Å²) in [5, 5.41) is 10.6. The number of ether oxygens (including phenoxy) is 4. The predicted octanol–water partition coefficient (Wildman–Crippen LogP) is 22.5. The van der Waals surface area contributed by atoms with Gasteiger partial charge in [0, 0.05) is 25.7 Å². The van der Waals surface area contributed by atoms with E-state index in [4.69, 9.17) is 37.0 Å². The molecule has 3 N–H and O–H groups in total. The Morgan fingerprint density at radius 3 is 0.885 bits per heavy atom. The van der Waals surface area contributed by atoms with E-state index in [1.807, 2.05) is 36.5 Å². The Hall–Kier alpha value is -6.10. The molecule has 586 valence electrons. The number of unbranched alkanes of at least 4 members (excludes halogenated alkanes) is 12. The van der Waals surface area contributed by atoms with Crippen molar-refractivity contribution in [3.05, 3.63) is 194 Å². The summed E-state index contributed by atoms with van der Waals surface area (Å²) < 4.78 is 68.3. The second kappa shape index (κ2) is 75.1. The number of hydrogen-bond acceptors (Lipinski definition) is 15. The highest BCUT2D eigenvalue weighted by molar-refractivity contribution is 7.47. The van der Waals surface area contributed by atoms with Crippen LogP contribution >= 0.6 is 15.6 Å². The Balaban J connectivity index is 5.53. The van der Waals surface area contributed by atoms with Crippen molar-refractivity contribution in [2.75, 3.05) is 39.6 Å². The largest absolute Gasteiger partial charge is 0.472 e. The molecule has 0 saturated heterocycles. The highest BCUT2D eigenvalue weighted by atomic mass is 31.2. The summed E-state index contributed by atoms with van der Waals surface area (Å²) in [6.07, 6.45) is 91.6. The lowest BCUT2D eigenvalue weighted by Gasteiger charge is -2.21. The number of carbonyl (C=O) groups is 4. The third-order valence-corrected chi connectivity index (χ3v) is 16.9. The van der Waals surface area contributed by atoms with Gasteiger partial charge in [-0.1, -0.05) is 261 Å². The monoisotopic (exact) mass is 1490 g/mol. The molecule has 5 unspecified atom stereocenters. The van der Waals surface area contributed by atoms with E-state index in [1.54, 1.807) is 0 Å². The summed E-state index contributed by atoms with van der Waals surface area (Å²) in [5.41, 5.74) is 0. The molecule has 19 heteroatoms. The van der Waals surface area contributed by atoms with E-state index < -0.39 is 97.5 Å². The van der Waals surface area contributed by atoms with Gasteiger partial charge in [-0.2, -0.15) is 0 Å². The Morgan fingerprint density at radius 2 is 0.529 bits per heavy atom. The summed E-state index contributed by atoms with van der Waals surface area (Å²) >= 11 is 0. The van der Waals surface area contributed by atoms with Crippen molar-refractivity contribution >= 4 is 39.5 Å². The predicted molar refractivity (Wildman–Crippen MR) is 426 cm³/mol. The number of aliphatic hydroxyl groups is 1. The van der Waals surface area contributed by atoms with E-state index >= 15 is 0 Å². The van der Waals surface area contributed by atoms with Crippen LogP contribution in [0.3, 0.4) is 0 Å². The molecule has 0 spiro atoms. The molecule has 0 aliphatic rings. The minimum atomic E-state index is -5.02. The Labute approximate surface area is 627 Å². The first-order chi connectivity index (χ1) is 50.7. The zero-order valence-electron chi connectivity index (χ0n) is 63.9. The molecule has 104 heavy (non-hydrogen) atoms. The molecule has 17 nitrogen and oxygen atoms in total. The first kappa shape index (κ1) is 97.9. The lowest BCUT2D eigenvalue weighted by molar-refractivity contribution is -0.161. The van der Waals surface area contributed by atoms with Crippen LogP contribution in [-0.4, -0.2) is 96.7 Å². The minimum Gasteiger partial charge on any atom is -0.462 e. The van der Waals surface area contributed by atoms with Gasteiger partial charge in [-0.3, -0.25) is 37.3 Å². The maximum absolute atomic E-state index is 13.1. The van der Waals surface area contributed by atoms with Crippen molar-refractivity contribution in [1.29, 1.82) is 0 Å². The van der Waals surface area contributed by atoms with E-state index in [0.717, 1.165) is 135 Å². The topological polar surface area (TPSA) is 237 Å². The molecule has 0 bridgehead atoms. The summed E-state index contributed by atoms with van der Waals surface area (Å²) in [6, 6.07) is 0. The molecule has 0 saturated carbocycles. The van der Waals surface area contributed by atoms with Crippen molar-refractivity contribution in [2.24, 2.45) is 0 Å². The number of phosphoric acid groups is 2. The van der Waals surface area contributed by atoms with Gasteiger partial charge in [0.15, 0.2) is 12.2 Å². The van der Waals surface area contributed by atoms with Gasteiger partial charge >= 0.3 is 39.5 Å². The second-order valence-corrected chi connectivity index (χ2v) is 27.7. The highest BCUT2D eigenvalue weighted by Crippen LogP contribution is 2.45. The van der Waals surface area contributed by atoms with Crippen molar-refractivity contribution in [3.63, 3.8) is 0 Å². The number of hydrogen-bond donors (Lipinski definition) is 3. The zero-order chi connectivity index (χ0) is 76.0. The number of rotatable bonds is 70. The number of allylic oxidation sites excluding steroid dienone is 32. The van der Waals surface area contributed by atoms with Crippen molar-refractivity contribution in [3.8, 4) is 0 Å². The zero-order valence-corrected chi connectivity index (χ0v) is 65.6. The van der Waals surface area contributed by atoms with E-state index in [9.17, 15) is 43.2 Å². The van der Waals surface area contributed by atoms with Gasteiger partial charge in [-0.15, -0.1) is 0 Å². The van der Waals surface area contributed by atoms with Crippen LogP contribution in [0.5, 0.6) is 0 Å². The van der Waals surface area contributed by atoms with Crippen LogP contribution in [0.1, 0.15) is 259 Å². The number of carbonyl (C=O) groups excluding carboxylic acids is 4. The molecule has 0 aromatic carbocycles. The molecule has 0 rings (SSSR count). The molecule has 0 aliphatic carbocycles. The molecule has 0 aromatic rings. The van der Waals surface area contributed by atoms with Crippen LogP contribution in [0.15, 0.2) is 194 Å². The van der Waals surface area contributed by atoms with Crippen LogP contribution < -0.4 is 0 Å². The quantitative estimate of drug-likeness (QED) is 0.0169. The average molecular weight is 1490 g/mol. The van der Waals surface area contributed by atoms with Gasteiger partial charge in [0.2, 0.25) is 0 Å². The average Bonchev–Trinajstić information content (AvgIpc) is 0.911. The first-order valence-electron chi connectivity index (χ1n) is 38.7. The van der Waals surface area contributed by atoms with E-state index in [1.165, 1.54) is 25.7 Å². The molecular weight excluding hydrogens is 1350 g/mol. The van der Waals surface area contributed by atoms with E-state index in [2.05, 4.69) is 186 Å². The summed E-state index contributed by atoms with van der Waals surface area (Å²) in [4.78, 5) is 72.9. The molecule has 0 radical (unpaired) electrons. The summed E-state index contributed by atoms with van der Waals surface area (Å²) in [5.74, 6) is -2.42.